The first kappa shape index (κ1) is 11.9. The van der Waals surface area contributed by atoms with Gasteiger partial charge in [-0.25, -0.2) is 9.67 Å². The van der Waals surface area contributed by atoms with Gasteiger partial charge in [-0.1, -0.05) is 12.1 Å². The highest BCUT2D eigenvalue weighted by molar-refractivity contribution is 5.27. The second-order valence-electron chi connectivity index (χ2n) is 5.88. The minimum absolute atomic E-state index is 0.629. The highest BCUT2D eigenvalue weighted by Gasteiger charge is 2.34. The topological polar surface area (TPSA) is 39.9 Å². The van der Waals surface area contributed by atoms with Crippen molar-refractivity contribution in [3.63, 3.8) is 0 Å². The number of aromatic nitrogens is 3. The van der Waals surface area contributed by atoms with Crippen molar-refractivity contribution in [2.24, 2.45) is 0 Å². The van der Waals surface area contributed by atoms with E-state index in [9.17, 15) is 0 Å². The lowest BCUT2D eigenvalue weighted by atomic mass is 10.2. The van der Waals surface area contributed by atoms with E-state index in [0.29, 0.717) is 11.8 Å². The Labute approximate surface area is 118 Å². The highest BCUT2D eigenvalue weighted by Crippen LogP contribution is 2.42. The number of methoxy groups -OCH3 is 1. The molecule has 4 nitrogen and oxygen atoms in total. The molecule has 0 spiro atoms. The fourth-order valence-corrected chi connectivity index (χ4v) is 2.55. The van der Waals surface area contributed by atoms with Crippen LogP contribution in [-0.2, 0) is 6.54 Å². The summed E-state index contributed by atoms with van der Waals surface area (Å²) in [5, 5.41) is 4.75. The fraction of sp³-hybridized carbons (Fsp3) is 0.500. The van der Waals surface area contributed by atoms with E-state index >= 15 is 0 Å². The zero-order valence-electron chi connectivity index (χ0n) is 11.7. The van der Waals surface area contributed by atoms with Crippen LogP contribution in [0.2, 0.25) is 0 Å². The fourth-order valence-electron chi connectivity index (χ4n) is 2.55. The molecule has 2 aliphatic rings. The van der Waals surface area contributed by atoms with Gasteiger partial charge in [-0.15, -0.1) is 0 Å². The van der Waals surface area contributed by atoms with Crippen LogP contribution in [0.25, 0.3) is 0 Å². The van der Waals surface area contributed by atoms with Crippen LogP contribution in [0.5, 0.6) is 5.75 Å². The van der Waals surface area contributed by atoms with Crippen molar-refractivity contribution in [3.05, 3.63) is 41.5 Å². The molecule has 4 heteroatoms. The van der Waals surface area contributed by atoms with Crippen LogP contribution in [0.3, 0.4) is 0 Å². The van der Waals surface area contributed by atoms with Gasteiger partial charge >= 0.3 is 0 Å². The summed E-state index contributed by atoms with van der Waals surface area (Å²) in [4.78, 5) is 4.79. The van der Waals surface area contributed by atoms with Gasteiger partial charge in [-0.05, 0) is 43.4 Å². The Balaban J connectivity index is 1.59. The Morgan fingerprint density at radius 1 is 1.10 bits per heavy atom. The predicted molar refractivity (Wildman–Crippen MR) is 76.1 cm³/mol. The van der Waals surface area contributed by atoms with E-state index in [-0.39, 0.29) is 0 Å². The van der Waals surface area contributed by atoms with E-state index in [2.05, 4.69) is 16.8 Å². The van der Waals surface area contributed by atoms with Crippen LogP contribution in [0, 0.1) is 0 Å². The minimum Gasteiger partial charge on any atom is -0.497 e. The molecule has 20 heavy (non-hydrogen) atoms. The smallest absolute Gasteiger partial charge is 0.154 e. The Morgan fingerprint density at radius 2 is 1.80 bits per heavy atom. The van der Waals surface area contributed by atoms with Crippen molar-refractivity contribution < 1.29 is 4.74 Å². The Hall–Kier alpha value is -1.84. The van der Waals surface area contributed by atoms with Crippen LogP contribution in [0.1, 0.15) is 54.7 Å². The Bertz CT molecular complexity index is 609. The van der Waals surface area contributed by atoms with Crippen LogP contribution in [0.15, 0.2) is 24.3 Å². The van der Waals surface area contributed by atoms with Gasteiger partial charge in [-0.3, -0.25) is 0 Å². The molecule has 0 N–H and O–H groups in total. The van der Waals surface area contributed by atoms with Gasteiger partial charge in [0.2, 0.25) is 0 Å². The molecular formula is C16H19N3O. The molecule has 2 aromatic rings. The number of ether oxygens (including phenoxy) is 1. The standard InChI is InChI=1S/C16H19N3O/c1-20-14-8-2-11(3-9-14)10-19-16(13-6-7-13)17-15(18-19)12-4-5-12/h2-3,8-9,12-13H,4-7,10H2,1H3. The lowest BCUT2D eigenvalue weighted by molar-refractivity contribution is 0.414. The SMILES string of the molecule is COc1ccc(Cn2nc(C3CC3)nc2C2CC2)cc1. The van der Waals surface area contributed by atoms with Crippen LogP contribution in [0.4, 0.5) is 0 Å². The van der Waals surface area contributed by atoms with E-state index in [1.54, 1.807) is 7.11 Å². The maximum atomic E-state index is 5.20. The summed E-state index contributed by atoms with van der Waals surface area (Å²) in [6.45, 7) is 0.815. The molecule has 0 radical (unpaired) electrons. The largest absolute Gasteiger partial charge is 0.497 e. The average Bonchev–Trinajstić information content (AvgIpc) is 3.39. The molecule has 0 aliphatic heterocycles. The first-order chi connectivity index (χ1) is 9.83. The van der Waals surface area contributed by atoms with E-state index in [4.69, 9.17) is 14.8 Å². The maximum Gasteiger partial charge on any atom is 0.154 e. The van der Waals surface area contributed by atoms with Gasteiger partial charge in [-0.2, -0.15) is 5.10 Å². The van der Waals surface area contributed by atoms with E-state index in [1.165, 1.54) is 37.1 Å². The quantitative estimate of drug-likeness (QED) is 0.837. The van der Waals surface area contributed by atoms with Crippen molar-refractivity contribution in [3.8, 4) is 5.75 Å². The van der Waals surface area contributed by atoms with Gasteiger partial charge < -0.3 is 4.74 Å². The van der Waals surface area contributed by atoms with Gasteiger partial charge in [0, 0.05) is 11.8 Å². The van der Waals surface area contributed by atoms with E-state index in [0.717, 1.165) is 18.1 Å². The molecule has 4 rings (SSSR count). The van der Waals surface area contributed by atoms with E-state index < -0.39 is 0 Å². The summed E-state index contributed by atoms with van der Waals surface area (Å²) < 4.78 is 7.32. The van der Waals surface area contributed by atoms with Crippen LogP contribution in [-0.4, -0.2) is 21.9 Å². The first-order valence-electron chi connectivity index (χ1n) is 7.41. The Kier molecular flexibility index (Phi) is 2.76. The number of hydrogen-bond acceptors (Lipinski definition) is 3. The first-order valence-corrected chi connectivity index (χ1v) is 7.41. The third-order valence-corrected chi connectivity index (χ3v) is 4.09. The molecule has 0 bridgehead atoms. The van der Waals surface area contributed by atoms with E-state index in [1.807, 2.05) is 12.1 Å². The van der Waals surface area contributed by atoms with Gasteiger partial charge in [0.1, 0.15) is 11.6 Å². The molecular weight excluding hydrogens is 250 g/mol. The summed E-state index contributed by atoms with van der Waals surface area (Å²) >= 11 is 0. The lowest BCUT2D eigenvalue weighted by Crippen LogP contribution is -2.06. The summed E-state index contributed by atoms with van der Waals surface area (Å²) in [6.07, 6.45) is 5.06. The second kappa shape index (κ2) is 4.62. The third-order valence-electron chi connectivity index (χ3n) is 4.09. The predicted octanol–water partition coefficient (Wildman–Crippen LogP) is 3.09. The molecule has 1 aromatic heterocycles. The van der Waals surface area contributed by atoms with Crippen molar-refractivity contribution >= 4 is 0 Å². The van der Waals surface area contributed by atoms with Crippen LogP contribution < -0.4 is 4.74 Å². The van der Waals surface area contributed by atoms with Crippen molar-refractivity contribution in [2.45, 2.75) is 44.1 Å². The molecule has 0 saturated heterocycles. The van der Waals surface area contributed by atoms with Crippen molar-refractivity contribution in [2.75, 3.05) is 7.11 Å². The molecule has 0 atom stereocenters. The van der Waals surface area contributed by atoms with Gasteiger partial charge in [0.25, 0.3) is 0 Å². The Morgan fingerprint density at radius 3 is 2.40 bits per heavy atom. The molecule has 104 valence electrons. The van der Waals surface area contributed by atoms with Crippen LogP contribution >= 0.6 is 0 Å². The molecule has 0 amide bonds. The normalized spacial score (nSPS) is 18.2. The highest BCUT2D eigenvalue weighted by atomic mass is 16.5. The zero-order chi connectivity index (χ0) is 13.5. The van der Waals surface area contributed by atoms with Gasteiger partial charge in [0.15, 0.2) is 5.82 Å². The maximum absolute atomic E-state index is 5.20. The molecule has 1 aromatic carbocycles. The van der Waals surface area contributed by atoms with Gasteiger partial charge in [0.05, 0.1) is 13.7 Å². The summed E-state index contributed by atoms with van der Waals surface area (Å²) in [7, 11) is 1.69. The molecule has 2 saturated carbocycles. The monoisotopic (exact) mass is 269 g/mol. The molecule has 2 fully saturated rings. The number of benzene rings is 1. The number of nitrogens with zero attached hydrogens (tertiary/aromatic N) is 3. The average molecular weight is 269 g/mol. The second-order valence-corrected chi connectivity index (χ2v) is 5.88. The number of hydrogen-bond donors (Lipinski definition) is 0. The zero-order valence-corrected chi connectivity index (χ0v) is 11.7. The molecule has 0 unspecified atom stereocenters. The number of rotatable bonds is 5. The molecule has 2 aliphatic carbocycles. The minimum atomic E-state index is 0.629. The summed E-state index contributed by atoms with van der Waals surface area (Å²) in [5.41, 5.74) is 1.25. The third kappa shape index (κ3) is 2.30. The summed E-state index contributed by atoms with van der Waals surface area (Å²) in [5.74, 6) is 4.44. The molecule has 1 heterocycles. The summed E-state index contributed by atoms with van der Waals surface area (Å²) in [6, 6.07) is 8.22. The van der Waals surface area contributed by atoms with Crippen molar-refractivity contribution in [1.82, 2.24) is 14.8 Å². The lowest BCUT2D eigenvalue weighted by Gasteiger charge is -2.06. The van der Waals surface area contributed by atoms with Crippen molar-refractivity contribution in [1.29, 1.82) is 0 Å².